The summed E-state index contributed by atoms with van der Waals surface area (Å²) in [5.41, 5.74) is 0. The second kappa shape index (κ2) is 5.88. The van der Waals surface area contributed by atoms with Crippen molar-refractivity contribution in [1.82, 2.24) is 0 Å². The average Bonchev–Trinajstić information content (AvgIpc) is 2.25. The van der Waals surface area contributed by atoms with Crippen LogP contribution in [0.4, 0.5) is 0 Å². The third-order valence-electron chi connectivity index (χ3n) is 2.37. The van der Waals surface area contributed by atoms with Gasteiger partial charge in [-0.2, -0.15) is 16.8 Å². The van der Waals surface area contributed by atoms with Crippen molar-refractivity contribution in [3.63, 3.8) is 0 Å². The summed E-state index contributed by atoms with van der Waals surface area (Å²) in [6.07, 6.45) is 0. The van der Waals surface area contributed by atoms with E-state index in [-0.39, 0.29) is 63.6 Å². The zero-order valence-corrected chi connectivity index (χ0v) is 14.6. The monoisotopic (exact) mass is 328 g/mol. The summed E-state index contributed by atoms with van der Waals surface area (Å²) >= 11 is 0. The van der Waals surface area contributed by atoms with E-state index in [2.05, 4.69) is 0 Å². The average molecular weight is 328 g/mol. The van der Waals surface area contributed by atoms with Gasteiger partial charge in [0, 0.05) is 5.39 Å². The summed E-state index contributed by atoms with van der Waals surface area (Å²) in [7, 11) is -9.14. The van der Waals surface area contributed by atoms with Gasteiger partial charge in [0.25, 0.3) is 20.2 Å². The third kappa shape index (κ3) is 3.83. The van der Waals surface area contributed by atoms with Crippen LogP contribution in [0.3, 0.4) is 0 Å². The Morgan fingerprint density at radius 2 is 1.47 bits per heavy atom. The zero-order chi connectivity index (χ0) is 13.6. The van der Waals surface area contributed by atoms with Crippen LogP contribution in [0.1, 0.15) is 1.43 Å². The summed E-state index contributed by atoms with van der Waals surface area (Å²) in [6.45, 7) is 0. The van der Waals surface area contributed by atoms with E-state index in [4.69, 9.17) is 9.11 Å². The summed E-state index contributed by atoms with van der Waals surface area (Å²) in [4.78, 5) is -1.15. The van der Waals surface area contributed by atoms with E-state index in [1.165, 1.54) is 12.1 Å². The van der Waals surface area contributed by atoms with E-state index in [0.29, 0.717) is 6.07 Å². The minimum atomic E-state index is -4.59. The molecular formula is C10H9KO6S2. The summed E-state index contributed by atoms with van der Waals surface area (Å²) in [5.74, 6) is 0. The van der Waals surface area contributed by atoms with Gasteiger partial charge < -0.3 is 1.43 Å². The quantitative estimate of drug-likeness (QED) is 0.510. The molecule has 2 aromatic rings. The van der Waals surface area contributed by atoms with Crippen LogP contribution in [0.15, 0.2) is 46.2 Å². The molecule has 0 saturated carbocycles. The molecule has 2 rings (SSSR count). The maximum absolute atomic E-state index is 11.2. The van der Waals surface area contributed by atoms with Crippen molar-refractivity contribution in [1.29, 1.82) is 0 Å². The molecule has 0 aliphatic rings. The van der Waals surface area contributed by atoms with Gasteiger partial charge in [-0.05, 0) is 17.5 Å². The second-order valence-corrected chi connectivity index (χ2v) is 6.40. The van der Waals surface area contributed by atoms with E-state index in [1.807, 2.05) is 0 Å². The predicted molar refractivity (Wildman–Crippen MR) is 64.7 cm³/mol. The minimum absolute atomic E-state index is 0. The van der Waals surface area contributed by atoms with E-state index >= 15 is 0 Å². The first-order valence-corrected chi connectivity index (χ1v) is 7.55. The van der Waals surface area contributed by atoms with E-state index < -0.39 is 30.0 Å². The largest absolute Gasteiger partial charge is 1.00 e. The van der Waals surface area contributed by atoms with Crippen molar-refractivity contribution in [2.75, 3.05) is 0 Å². The number of benzene rings is 2. The Morgan fingerprint density at radius 3 is 2.00 bits per heavy atom. The van der Waals surface area contributed by atoms with Gasteiger partial charge in [0.1, 0.15) is 4.90 Å². The Morgan fingerprint density at radius 1 is 0.895 bits per heavy atom. The molecule has 0 atom stereocenters. The van der Waals surface area contributed by atoms with Gasteiger partial charge in [0.05, 0.1) is 4.90 Å². The molecule has 0 amide bonds. The van der Waals surface area contributed by atoms with Crippen LogP contribution in [0.5, 0.6) is 0 Å². The van der Waals surface area contributed by atoms with Crippen molar-refractivity contribution < 1.29 is 78.8 Å². The fourth-order valence-electron chi connectivity index (χ4n) is 1.61. The maximum Gasteiger partial charge on any atom is 1.00 e. The van der Waals surface area contributed by atoms with E-state index in [0.717, 1.165) is 6.07 Å². The normalized spacial score (nSPS) is 12.1. The second-order valence-electron chi connectivity index (χ2n) is 3.59. The van der Waals surface area contributed by atoms with Crippen molar-refractivity contribution in [3.8, 4) is 0 Å². The van der Waals surface area contributed by atoms with Gasteiger partial charge in [-0.3, -0.25) is 9.11 Å². The summed E-state index contributed by atoms with van der Waals surface area (Å²) in [6, 6.07) is 7.85. The minimum Gasteiger partial charge on any atom is -1.00 e. The molecule has 0 aromatic heterocycles. The van der Waals surface area contributed by atoms with Gasteiger partial charge in [0.15, 0.2) is 0 Å². The van der Waals surface area contributed by atoms with Crippen molar-refractivity contribution in [2.45, 2.75) is 9.79 Å². The van der Waals surface area contributed by atoms with Crippen LogP contribution in [0.25, 0.3) is 10.8 Å². The number of hydrogen-bond acceptors (Lipinski definition) is 4. The molecule has 0 unspecified atom stereocenters. The molecule has 0 saturated heterocycles. The molecule has 2 N–H and O–H groups in total. The molecule has 0 fully saturated rings. The van der Waals surface area contributed by atoms with Crippen LogP contribution in [-0.2, 0) is 20.2 Å². The first-order chi connectivity index (χ1) is 8.19. The molecule has 0 radical (unpaired) electrons. The molecule has 6 nitrogen and oxygen atoms in total. The van der Waals surface area contributed by atoms with Crippen LogP contribution in [0, 0.1) is 0 Å². The topological polar surface area (TPSA) is 109 Å². The van der Waals surface area contributed by atoms with Gasteiger partial charge in [-0.15, -0.1) is 0 Å². The van der Waals surface area contributed by atoms with Crippen molar-refractivity contribution >= 4 is 31.0 Å². The Labute approximate surface area is 154 Å². The van der Waals surface area contributed by atoms with Crippen LogP contribution in [-0.4, -0.2) is 25.9 Å². The molecule has 2 aromatic carbocycles. The fraction of sp³-hybridized carbons (Fsp3) is 0. The van der Waals surface area contributed by atoms with Crippen LogP contribution in [0.2, 0.25) is 0 Å². The van der Waals surface area contributed by atoms with Gasteiger partial charge in [-0.25, -0.2) is 0 Å². The SMILES string of the molecule is O=S(=O)(O)c1cc(S(=O)(=O)O)c2ccccc2c1.[H-].[K+]. The fourth-order valence-corrected chi connectivity index (χ4v) is 2.97. The molecular weight excluding hydrogens is 319 g/mol. The number of hydrogen-bond donors (Lipinski definition) is 2. The number of fused-ring (bicyclic) bond motifs is 1. The Balaban J connectivity index is 0.00000180. The molecule has 98 valence electrons. The summed E-state index contributed by atoms with van der Waals surface area (Å²) in [5, 5.41) is 0.452. The summed E-state index contributed by atoms with van der Waals surface area (Å²) < 4.78 is 62.5. The number of rotatable bonds is 2. The molecule has 0 aliphatic heterocycles. The molecule has 0 aliphatic carbocycles. The maximum atomic E-state index is 11.2. The molecule has 0 heterocycles. The van der Waals surface area contributed by atoms with Crippen LogP contribution >= 0.6 is 0 Å². The van der Waals surface area contributed by atoms with Gasteiger partial charge >= 0.3 is 51.4 Å². The first kappa shape index (κ1) is 17.2. The molecule has 0 spiro atoms. The van der Waals surface area contributed by atoms with E-state index in [9.17, 15) is 16.8 Å². The Hall–Kier alpha value is 0.156. The van der Waals surface area contributed by atoms with Crippen molar-refractivity contribution in [2.24, 2.45) is 0 Å². The van der Waals surface area contributed by atoms with Gasteiger partial charge in [-0.1, -0.05) is 24.3 Å². The Kier molecular flexibility index (Phi) is 5.32. The smallest absolute Gasteiger partial charge is 1.00 e. The predicted octanol–water partition coefficient (Wildman–Crippen LogP) is -1.55. The van der Waals surface area contributed by atoms with Crippen LogP contribution < -0.4 is 51.4 Å². The van der Waals surface area contributed by atoms with Crippen molar-refractivity contribution in [3.05, 3.63) is 36.4 Å². The zero-order valence-electron chi connectivity index (χ0n) is 10.8. The molecule has 19 heavy (non-hydrogen) atoms. The standard InChI is InChI=1S/C10H8O6S2.K.H/c11-17(12,13)8-5-7-3-1-2-4-9(7)10(6-8)18(14,15)16;;/h1-6H,(H,11,12,13)(H,14,15,16);;/q;+1;-1. The Bertz CT molecular complexity index is 832. The third-order valence-corrected chi connectivity index (χ3v) is 4.10. The molecule has 9 heteroatoms. The first-order valence-electron chi connectivity index (χ1n) is 4.67. The molecule has 0 bridgehead atoms. The van der Waals surface area contributed by atoms with Gasteiger partial charge in [0.2, 0.25) is 0 Å². The van der Waals surface area contributed by atoms with E-state index in [1.54, 1.807) is 12.1 Å².